The number of hydrogen-bond acceptors (Lipinski definition) is 4. The van der Waals surface area contributed by atoms with Gasteiger partial charge in [-0.3, -0.25) is 0 Å². The zero-order valence-corrected chi connectivity index (χ0v) is 9.86. The molecule has 0 saturated carbocycles. The molecular weight excluding hydrogens is 184 g/mol. The fraction of sp³-hybridized carbons (Fsp3) is 1.00. The molecule has 4 nitrogen and oxygen atoms in total. The largest absolute Gasteiger partial charge is 0.394 e. The van der Waals surface area contributed by atoms with E-state index in [2.05, 4.69) is 0 Å². The fourth-order valence-corrected chi connectivity index (χ4v) is 0.356. The lowest BCUT2D eigenvalue weighted by atomic mass is 10.4. The molecule has 0 radical (unpaired) electrons. The number of aliphatic hydroxyl groups excluding tert-OH is 2. The highest BCUT2D eigenvalue weighted by atomic mass is 16.5. The zero-order valence-electron chi connectivity index (χ0n) is 9.86. The second kappa shape index (κ2) is 10.9. The summed E-state index contributed by atoms with van der Waals surface area (Å²) in [6.07, 6.45) is -0.228. The molecule has 0 aliphatic carbocycles. The molecule has 2 unspecified atom stereocenters. The maximum Gasteiger partial charge on any atom is 0.0779 e. The first kappa shape index (κ1) is 16.3. The molecule has 0 aromatic heterocycles. The molecular formula is C10H24O4. The first-order valence-corrected chi connectivity index (χ1v) is 4.87. The fourth-order valence-electron chi connectivity index (χ4n) is 0.356. The Balaban J connectivity index is 0. The van der Waals surface area contributed by atoms with Crippen LogP contribution in [-0.2, 0) is 9.47 Å². The standard InChI is InChI=1S/C6H14O3.C4H10O/c1-5(8)4-9-6(2)3-7;1-4(2)5-3/h5-8H,3-4H2,1-2H3;4H,1-3H3. The molecule has 0 amide bonds. The summed E-state index contributed by atoms with van der Waals surface area (Å²) in [4.78, 5) is 0. The van der Waals surface area contributed by atoms with Crippen LogP contribution in [0.3, 0.4) is 0 Å². The third-order valence-electron chi connectivity index (χ3n) is 1.35. The molecule has 2 N–H and O–H groups in total. The van der Waals surface area contributed by atoms with E-state index in [0.29, 0.717) is 12.7 Å². The molecule has 0 bridgehead atoms. The SMILES string of the molecule is CC(O)COC(C)CO.COC(C)C. The summed E-state index contributed by atoms with van der Waals surface area (Å²) in [7, 11) is 1.70. The van der Waals surface area contributed by atoms with Crippen molar-refractivity contribution in [1.82, 2.24) is 0 Å². The highest BCUT2D eigenvalue weighted by Crippen LogP contribution is 1.90. The van der Waals surface area contributed by atoms with E-state index in [1.54, 1.807) is 21.0 Å². The summed E-state index contributed by atoms with van der Waals surface area (Å²) in [5.74, 6) is 0. The topological polar surface area (TPSA) is 58.9 Å². The Kier molecular flexibility index (Phi) is 12.7. The van der Waals surface area contributed by atoms with Crippen molar-refractivity contribution in [2.45, 2.75) is 46.0 Å². The van der Waals surface area contributed by atoms with Gasteiger partial charge in [-0.2, -0.15) is 0 Å². The Morgan fingerprint density at radius 1 is 1.14 bits per heavy atom. The monoisotopic (exact) mass is 208 g/mol. The van der Waals surface area contributed by atoms with Gasteiger partial charge in [0.15, 0.2) is 0 Å². The molecule has 14 heavy (non-hydrogen) atoms. The smallest absolute Gasteiger partial charge is 0.0779 e. The van der Waals surface area contributed by atoms with Crippen LogP contribution in [-0.4, -0.2) is 48.8 Å². The number of rotatable bonds is 5. The van der Waals surface area contributed by atoms with Crippen molar-refractivity contribution >= 4 is 0 Å². The van der Waals surface area contributed by atoms with E-state index in [9.17, 15) is 0 Å². The van der Waals surface area contributed by atoms with Crippen molar-refractivity contribution in [1.29, 1.82) is 0 Å². The van der Waals surface area contributed by atoms with Gasteiger partial charge in [-0.1, -0.05) is 0 Å². The highest BCUT2D eigenvalue weighted by Gasteiger charge is 2.00. The Bertz CT molecular complexity index is 104. The van der Waals surface area contributed by atoms with Crippen LogP contribution in [0.4, 0.5) is 0 Å². The van der Waals surface area contributed by atoms with E-state index in [-0.39, 0.29) is 12.7 Å². The van der Waals surface area contributed by atoms with Crippen LogP contribution >= 0.6 is 0 Å². The number of ether oxygens (including phenoxy) is 2. The molecule has 4 heteroatoms. The summed E-state index contributed by atoms with van der Waals surface area (Å²) >= 11 is 0. The van der Waals surface area contributed by atoms with Crippen molar-refractivity contribution in [2.24, 2.45) is 0 Å². The quantitative estimate of drug-likeness (QED) is 0.702. The Morgan fingerprint density at radius 3 is 1.79 bits per heavy atom. The van der Waals surface area contributed by atoms with E-state index < -0.39 is 6.10 Å². The average molecular weight is 208 g/mol. The summed E-state index contributed by atoms with van der Waals surface area (Å²) in [5, 5.41) is 17.1. The van der Waals surface area contributed by atoms with Crippen LogP contribution in [0.2, 0.25) is 0 Å². The predicted octanol–water partition coefficient (Wildman–Crippen LogP) is 0.806. The van der Waals surface area contributed by atoms with Gasteiger partial charge in [0, 0.05) is 7.11 Å². The molecule has 2 atom stereocenters. The van der Waals surface area contributed by atoms with Crippen LogP contribution in [0.5, 0.6) is 0 Å². The van der Waals surface area contributed by atoms with Gasteiger partial charge >= 0.3 is 0 Å². The normalized spacial score (nSPS) is 14.6. The van der Waals surface area contributed by atoms with Gasteiger partial charge in [-0.25, -0.2) is 0 Å². The number of methoxy groups -OCH3 is 1. The molecule has 0 saturated heterocycles. The number of aliphatic hydroxyl groups is 2. The van der Waals surface area contributed by atoms with Crippen LogP contribution in [0, 0.1) is 0 Å². The maximum atomic E-state index is 8.69. The van der Waals surface area contributed by atoms with E-state index in [1.165, 1.54) is 0 Å². The lowest BCUT2D eigenvalue weighted by Gasteiger charge is -2.10. The Morgan fingerprint density at radius 2 is 1.57 bits per heavy atom. The minimum absolute atomic E-state index is 0.00667. The average Bonchev–Trinajstić information content (AvgIpc) is 2.14. The van der Waals surface area contributed by atoms with E-state index in [1.807, 2.05) is 13.8 Å². The molecule has 0 aromatic rings. The first-order chi connectivity index (χ1) is 6.43. The predicted molar refractivity (Wildman–Crippen MR) is 56.3 cm³/mol. The second-order valence-corrected chi connectivity index (χ2v) is 3.46. The van der Waals surface area contributed by atoms with Gasteiger partial charge < -0.3 is 19.7 Å². The minimum atomic E-state index is -0.445. The Labute approximate surface area is 86.8 Å². The van der Waals surface area contributed by atoms with E-state index >= 15 is 0 Å². The molecule has 0 heterocycles. The summed E-state index contributed by atoms with van der Waals surface area (Å²) < 4.78 is 9.70. The minimum Gasteiger partial charge on any atom is -0.394 e. The van der Waals surface area contributed by atoms with Crippen molar-refractivity contribution in [3.8, 4) is 0 Å². The summed E-state index contributed by atoms with van der Waals surface area (Å²) in [6, 6.07) is 0. The van der Waals surface area contributed by atoms with Crippen LogP contribution in [0.1, 0.15) is 27.7 Å². The summed E-state index contributed by atoms with van der Waals surface area (Å²) in [5.41, 5.74) is 0. The first-order valence-electron chi connectivity index (χ1n) is 4.87. The van der Waals surface area contributed by atoms with E-state index in [4.69, 9.17) is 19.7 Å². The van der Waals surface area contributed by atoms with Gasteiger partial charge in [0.2, 0.25) is 0 Å². The van der Waals surface area contributed by atoms with Gasteiger partial charge in [0.25, 0.3) is 0 Å². The van der Waals surface area contributed by atoms with E-state index in [0.717, 1.165) is 0 Å². The van der Waals surface area contributed by atoms with Gasteiger partial charge in [-0.15, -0.1) is 0 Å². The molecule has 88 valence electrons. The van der Waals surface area contributed by atoms with Crippen LogP contribution in [0.25, 0.3) is 0 Å². The molecule has 0 aromatic carbocycles. The maximum absolute atomic E-state index is 8.69. The van der Waals surface area contributed by atoms with Crippen molar-refractivity contribution in [3.05, 3.63) is 0 Å². The van der Waals surface area contributed by atoms with Gasteiger partial charge in [0.1, 0.15) is 0 Å². The molecule has 0 rings (SSSR count). The Hall–Kier alpha value is -0.160. The van der Waals surface area contributed by atoms with Gasteiger partial charge in [-0.05, 0) is 27.7 Å². The molecule has 0 aliphatic heterocycles. The van der Waals surface area contributed by atoms with Crippen LogP contribution in [0.15, 0.2) is 0 Å². The highest BCUT2D eigenvalue weighted by molar-refractivity contribution is 4.47. The van der Waals surface area contributed by atoms with Crippen molar-refractivity contribution < 1.29 is 19.7 Å². The van der Waals surface area contributed by atoms with Gasteiger partial charge in [0.05, 0.1) is 31.5 Å². The van der Waals surface area contributed by atoms with Crippen LogP contribution < -0.4 is 0 Å². The molecule has 0 aliphatic rings. The lowest BCUT2D eigenvalue weighted by molar-refractivity contribution is -0.0177. The van der Waals surface area contributed by atoms with Crippen molar-refractivity contribution in [3.63, 3.8) is 0 Å². The lowest BCUT2D eigenvalue weighted by Crippen LogP contribution is -2.19. The third kappa shape index (κ3) is 17.8. The molecule has 0 spiro atoms. The van der Waals surface area contributed by atoms with Crippen molar-refractivity contribution in [2.75, 3.05) is 20.3 Å². The zero-order chi connectivity index (χ0) is 11.6. The molecule has 0 fully saturated rings. The summed E-state index contributed by atoms with van der Waals surface area (Å²) in [6.45, 7) is 7.70. The number of hydrogen-bond donors (Lipinski definition) is 2. The second-order valence-electron chi connectivity index (χ2n) is 3.46. The third-order valence-corrected chi connectivity index (χ3v) is 1.35.